The van der Waals surface area contributed by atoms with Gasteiger partial charge in [0.2, 0.25) is 11.8 Å². The monoisotopic (exact) mass is 389 g/mol. The van der Waals surface area contributed by atoms with Crippen molar-refractivity contribution in [3.63, 3.8) is 0 Å². The van der Waals surface area contributed by atoms with Gasteiger partial charge in [0, 0.05) is 37.1 Å². The van der Waals surface area contributed by atoms with Crippen LogP contribution in [-0.4, -0.2) is 47.6 Å². The van der Waals surface area contributed by atoms with Gasteiger partial charge < -0.3 is 10.6 Å². The van der Waals surface area contributed by atoms with E-state index in [1.54, 1.807) is 11.8 Å². The summed E-state index contributed by atoms with van der Waals surface area (Å²) >= 11 is 1.76. The summed E-state index contributed by atoms with van der Waals surface area (Å²) in [5, 5.41) is 5.79. The zero-order chi connectivity index (χ0) is 19.1. The van der Waals surface area contributed by atoms with E-state index in [0.29, 0.717) is 6.54 Å². The zero-order valence-electron chi connectivity index (χ0n) is 15.5. The molecule has 2 aliphatic rings. The maximum absolute atomic E-state index is 12.5. The Kier molecular flexibility index (Phi) is 7.15. The van der Waals surface area contributed by atoms with Crippen molar-refractivity contribution in [1.82, 2.24) is 15.5 Å². The number of hydrogen-bond acceptors (Lipinski definition) is 4. The fraction of sp³-hybridized carbons (Fsp3) is 0.550. The number of benzene rings is 1. The highest BCUT2D eigenvalue weighted by molar-refractivity contribution is 7.98. The summed E-state index contributed by atoms with van der Waals surface area (Å²) < 4.78 is 0. The van der Waals surface area contributed by atoms with Gasteiger partial charge in [-0.15, -0.1) is 0 Å². The van der Waals surface area contributed by atoms with E-state index in [-0.39, 0.29) is 42.8 Å². The Labute approximate surface area is 164 Å². The molecule has 2 atom stereocenters. The van der Waals surface area contributed by atoms with Crippen molar-refractivity contribution in [2.75, 3.05) is 18.8 Å². The molecule has 146 valence electrons. The van der Waals surface area contributed by atoms with E-state index < -0.39 is 0 Å². The molecule has 1 aliphatic heterocycles. The van der Waals surface area contributed by atoms with Crippen LogP contribution in [0, 0.1) is 5.92 Å². The van der Waals surface area contributed by atoms with Gasteiger partial charge in [0.05, 0.1) is 5.92 Å². The number of nitrogens with one attached hydrogen (secondary N) is 2. The van der Waals surface area contributed by atoms with Crippen LogP contribution in [0.3, 0.4) is 0 Å². The molecule has 4 amide bonds. The van der Waals surface area contributed by atoms with Gasteiger partial charge in [-0.3, -0.25) is 14.5 Å². The van der Waals surface area contributed by atoms with Crippen LogP contribution in [0.4, 0.5) is 4.79 Å². The molecule has 2 N–H and O–H groups in total. The van der Waals surface area contributed by atoms with Crippen LogP contribution >= 0.6 is 11.8 Å². The minimum atomic E-state index is -0.352. The van der Waals surface area contributed by atoms with E-state index in [4.69, 9.17) is 0 Å². The lowest BCUT2D eigenvalue weighted by atomic mass is 9.82. The van der Waals surface area contributed by atoms with Gasteiger partial charge in [0.15, 0.2) is 0 Å². The predicted octanol–water partition coefficient (Wildman–Crippen LogP) is 2.54. The molecule has 0 spiro atoms. The summed E-state index contributed by atoms with van der Waals surface area (Å²) in [5.41, 5.74) is 1.27. The van der Waals surface area contributed by atoms with Crippen molar-refractivity contribution in [1.29, 1.82) is 0 Å². The van der Waals surface area contributed by atoms with Gasteiger partial charge in [0.25, 0.3) is 0 Å². The lowest BCUT2D eigenvalue weighted by molar-refractivity contribution is -0.136. The molecular formula is C20H27N3O3S. The molecule has 27 heavy (non-hydrogen) atoms. The second-order valence-electron chi connectivity index (χ2n) is 7.07. The first kappa shape index (κ1) is 19.7. The van der Waals surface area contributed by atoms with E-state index in [2.05, 4.69) is 22.8 Å². The third-order valence-electron chi connectivity index (χ3n) is 5.15. The number of hydrogen-bond donors (Lipinski definition) is 2. The van der Waals surface area contributed by atoms with Gasteiger partial charge in [-0.05, 0) is 18.4 Å². The van der Waals surface area contributed by atoms with Gasteiger partial charge in [-0.2, -0.15) is 11.8 Å². The van der Waals surface area contributed by atoms with Gasteiger partial charge >= 0.3 is 6.03 Å². The van der Waals surface area contributed by atoms with Crippen LogP contribution < -0.4 is 10.6 Å². The van der Waals surface area contributed by atoms with E-state index >= 15 is 0 Å². The summed E-state index contributed by atoms with van der Waals surface area (Å²) in [4.78, 5) is 38.0. The quantitative estimate of drug-likeness (QED) is 0.670. The van der Waals surface area contributed by atoms with Crippen molar-refractivity contribution in [3.8, 4) is 0 Å². The van der Waals surface area contributed by atoms with E-state index in [9.17, 15) is 14.4 Å². The van der Waals surface area contributed by atoms with Crippen molar-refractivity contribution >= 4 is 29.6 Å². The molecule has 6 nitrogen and oxygen atoms in total. The Morgan fingerprint density at radius 2 is 1.96 bits per heavy atom. The smallest absolute Gasteiger partial charge is 0.324 e. The Morgan fingerprint density at radius 1 is 1.19 bits per heavy atom. The summed E-state index contributed by atoms with van der Waals surface area (Å²) in [5.74, 6) is 1.39. The highest BCUT2D eigenvalue weighted by atomic mass is 32.2. The molecular weight excluding hydrogens is 362 g/mol. The highest BCUT2D eigenvalue weighted by Crippen LogP contribution is 2.29. The number of amides is 4. The number of fused-ring (bicyclic) bond motifs is 1. The van der Waals surface area contributed by atoms with E-state index in [1.165, 1.54) is 10.5 Å². The zero-order valence-corrected chi connectivity index (χ0v) is 16.3. The molecule has 2 fully saturated rings. The van der Waals surface area contributed by atoms with Crippen molar-refractivity contribution in [3.05, 3.63) is 35.9 Å². The summed E-state index contributed by atoms with van der Waals surface area (Å²) in [6, 6.07) is 9.83. The molecule has 1 saturated heterocycles. The fourth-order valence-electron chi connectivity index (χ4n) is 3.68. The lowest BCUT2D eigenvalue weighted by Crippen LogP contribution is -2.61. The minimum absolute atomic E-state index is 0.0227. The second-order valence-corrected chi connectivity index (χ2v) is 8.18. The van der Waals surface area contributed by atoms with Crippen LogP contribution in [0.15, 0.2) is 30.3 Å². The average Bonchev–Trinajstić information content (AvgIpc) is 2.68. The Hall–Kier alpha value is -2.02. The maximum atomic E-state index is 12.5. The number of imide groups is 1. The number of thioether (sulfide) groups is 1. The largest absolute Gasteiger partial charge is 0.355 e. The van der Waals surface area contributed by atoms with Crippen LogP contribution in [0.2, 0.25) is 0 Å². The van der Waals surface area contributed by atoms with Gasteiger partial charge in [-0.25, -0.2) is 4.79 Å². The molecule has 3 rings (SSSR count). The van der Waals surface area contributed by atoms with Crippen LogP contribution in [0.5, 0.6) is 0 Å². The molecule has 7 heteroatoms. The fourth-order valence-corrected chi connectivity index (χ4v) is 4.50. The SMILES string of the molecule is O=C(CCN1C(=O)NC2CCCCC2C1=O)NCCSCc1ccccc1. The first-order chi connectivity index (χ1) is 13.1. The topological polar surface area (TPSA) is 78.5 Å². The second kappa shape index (κ2) is 9.78. The van der Waals surface area contributed by atoms with Crippen molar-refractivity contribution in [2.24, 2.45) is 5.92 Å². The highest BCUT2D eigenvalue weighted by Gasteiger charge is 2.41. The molecule has 1 aliphatic carbocycles. The Bertz CT molecular complexity index is 668. The Balaban J connectivity index is 1.33. The summed E-state index contributed by atoms with van der Waals surface area (Å²) in [6.45, 7) is 0.734. The standard InChI is InChI=1S/C20H27N3O3S/c24-18(21-11-13-27-14-15-6-2-1-3-7-15)10-12-23-19(25)16-8-4-5-9-17(16)22-20(23)26/h1-3,6-7,16-17H,4-5,8-14H2,(H,21,24)(H,22,26). The third-order valence-corrected chi connectivity index (χ3v) is 6.18. The molecule has 1 heterocycles. The van der Waals surface area contributed by atoms with E-state index in [0.717, 1.165) is 37.2 Å². The lowest BCUT2D eigenvalue weighted by Gasteiger charge is -2.39. The maximum Gasteiger partial charge on any atom is 0.324 e. The molecule has 0 radical (unpaired) electrons. The van der Waals surface area contributed by atoms with Crippen molar-refractivity contribution in [2.45, 2.75) is 43.9 Å². The van der Waals surface area contributed by atoms with Crippen LogP contribution in [0.25, 0.3) is 0 Å². The molecule has 1 saturated carbocycles. The van der Waals surface area contributed by atoms with Gasteiger partial charge in [0.1, 0.15) is 0 Å². The molecule has 1 aromatic rings. The van der Waals surface area contributed by atoms with Crippen molar-refractivity contribution < 1.29 is 14.4 Å². The summed E-state index contributed by atoms with van der Waals surface area (Å²) in [7, 11) is 0. The minimum Gasteiger partial charge on any atom is -0.355 e. The number of rotatable bonds is 8. The molecule has 2 unspecified atom stereocenters. The summed E-state index contributed by atoms with van der Waals surface area (Å²) in [6.07, 6.45) is 3.93. The van der Waals surface area contributed by atoms with E-state index in [1.807, 2.05) is 18.2 Å². The number of nitrogens with zero attached hydrogens (tertiary/aromatic N) is 1. The van der Waals surface area contributed by atoms with Crippen LogP contribution in [-0.2, 0) is 15.3 Å². The predicted molar refractivity (Wildman–Crippen MR) is 106 cm³/mol. The molecule has 0 bridgehead atoms. The first-order valence-electron chi connectivity index (χ1n) is 9.65. The first-order valence-corrected chi connectivity index (χ1v) is 10.8. The molecule has 1 aromatic carbocycles. The number of carbonyl (C=O) groups excluding carboxylic acids is 3. The normalized spacial score (nSPS) is 22.1. The number of carbonyl (C=O) groups is 3. The van der Waals surface area contributed by atoms with Crippen LogP contribution in [0.1, 0.15) is 37.7 Å². The third kappa shape index (κ3) is 5.48. The Morgan fingerprint density at radius 3 is 2.78 bits per heavy atom. The molecule has 0 aromatic heterocycles. The number of urea groups is 1. The average molecular weight is 390 g/mol. The van der Waals surface area contributed by atoms with Gasteiger partial charge in [-0.1, -0.05) is 43.2 Å².